The van der Waals surface area contributed by atoms with Crippen LogP contribution in [0.2, 0.25) is 0 Å². The summed E-state index contributed by atoms with van der Waals surface area (Å²) in [5, 5.41) is 21.4. The van der Waals surface area contributed by atoms with E-state index in [1.807, 2.05) is 13.0 Å². The maximum Gasteiger partial charge on any atom is 0.311 e. The largest absolute Gasteiger partial charge is 0.483 e. The van der Waals surface area contributed by atoms with E-state index >= 15 is 0 Å². The number of aliphatic hydroxyl groups excluding tert-OH is 1. The molecule has 3 rings (SSSR count). The van der Waals surface area contributed by atoms with Crippen molar-refractivity contribution >= 4 is 5.69 Å². The Bertz CT molecular complexity index is 551. The number of nitrogens with zero attached hydrogens (tertiary/aromatic N) is 1. The molecule has 1 aromatic rings. The van der Waals surface area contributed by atoms with Crippen LogP contribution in [0.3, 0.4) is 0 Å². The standard InChI is InChI=1S/C16H21NO4/c1-11-5-6-13(12(9-11)17(19)20)21-15-10-14(18)16(15)7-3-2-4-8-16/h5-6,9,14-15,18H,2-4,7-8,10H2,1H3. The monoisotopic (exact) mass is 291 g/mol. The molecule has 1 spiro atoms. The van der Waals surface area contributed by atoms with E-state index in [1.165, 1.54) is 12.5 Å². The van der Waals surface area contributed by atoms with Gasteiger partial charge in [-0.3, -0.25) is 10.1 Å². The quantitative estimate of drug-likeness (QED) is 0.684. The van der Waals surface area contributed by atoms with Crippen LogP contribution in [-0.4, -0.2) is 22.2 Å². The van der Waals surface area contributed by atoms with Crippen LogP contribution in [0, 0.1) is 22.5 Å². The summed E-state index contributed by atoms with van der Waals surface area (Å²) in [6.45, 7) is 1.83. The Morgan fingerprint density at radius 3 is 2.67 bits per heavy atom. The van der Waals surface area contributed by atoms with Gasteiger partial charge in [0.15, 0.2) is 5.75 Å². The molecule has 2 saturated carbocycles. The zero-order valence-corrected chi connectivity index (χ0v) is 12.2. The first-order valence-electron chi connectivity index (χ1n) is 7.63. The normalized spacial score (nSPS) is 27.1. The summed E-state index contributed by atoms with van der Waals surface area (Å²) in [4.78, 5) is 10.8. The maximum absolute atomic E-state index is 11.2. The van der Waals surface area contributed by atoms with Gasteiger partial charge in [0.2, 0.25) is 0 Å². The SMILES string of the molecule is Cc1ccc(OC2CC(O)C23CCCCC3)c([N+](=O)[O-])c1. The van der Waals surface area contributed by atoms with Crippen LogP contribution in [-0.2, 0) is 0 Å². The van der Waals surface area contributed by atoms with Gasteiger partial charge < -0.3 is 9.84 Å². The third-order valence-electron chi connectivity index (χ3n) is 5.11. The maximum atomic E-state index is 11.2. The molecule has 0 heterocycles. The van der Waals surface area contributed by atoms with E-state index in [9.17, 15) is 15.2 Å². The number of aryl methyl sites for hydroxylation is 1. The summed E-state index contributed by atoms with van der Waals surface area (Å²) in [6.07, 6.45) is 5.47. The third-order valence-corrected chi connectivity index (χ3v) is 5.11. The molecule has 1 N–H and O–H groups in total. The molecule has 5 heteroatoms. The van der Waals surface area contributed by atoms with Gasteiger partial charge in [0.25, 0.3) is 0 Å². The molecule has 0 radical (unpaired) electrons. The van der Waals surface area contributed by atoms with Crippen LogP contribution in [0.25, 0.3) is 0 Å². The van der Waals surface area contributed by atoms with Gasteiger partial charge >= 0.3 is 5.69 Å². The number of benzene rings is 1. The van der Waals surface area contributed by atoms with Crippen LogP contribution in [0.4, 0.5) is 5.69 Å². The minimum absolute atomic E-state index is 0.0161. The summed E-state index contributed by atoms with van der Waals surface area (Å²) >= 11 is 0. The zero-order chi connectivity index (χ0) is 15.0. The fourth-order valence-electron chi connectivity index (χ4n) is 3.78. The Balaban J connectivity index is 1.82. The number of nitro benzene ring substituents is 1. The molecule has 21 heavy (non-hydrogen) atoms. The summed E-state index contributed by atoms with van der Waals surface area (Å²) in [5.41, 5.74) is 0.675. The number of hydrogen-bond acceptors (Lipinski definition) is 4. The van der Waals surface area contributed by atoms with E-state index in [0.717, 1.165) is 31.2 Å². The zero-order valence-electron chi connectivity index (χ0n) is 12.2. The first-order valence-corrected chi connectivity index (χ1v) is 7.63. The molecule has 0 bridgehead atoms. The highest BCUT2D eigenvalue weighted by Gasteiger charge is 2.56. The Morgan fingerprint density at radius 1 is 1.33 bits per heavy atom. The predicted molar refractivity (Wildman–Crippen MR) is 78.4 cm³/mol. The molecule has 2 aliphatic carbocycles. The van der Waals surface area contributed by atoms with Crippen LogP contribution in [0.1, 0.15) is 44.1 Å². The van der Waals surface area contributed by atoms with Crippen molar-refractivity contribution in [1.82, 2.24) is 0 Å². The first-order chi connectivity index (χ1) is 10.0. The average Bonchev–Trinajstić information content (AvgIpc) is 2.49. The second kappa shape index (κ2) is 5.30. The van der Waals surface area contributed by atoms with Gasteiger partial charge in [-0.25, -0.2) is 0 Å². The fourth-order valence-corrected chi connectivity index (χ4v) is 3.78. The summed E-state index contributed by atoms with van der Waals surface area (Å²) in [7, 11) is 0. The van der Waals surface area contributed by atoms with Crippen molar-refractivity contribution in [2.24, 2.45) is 5.41 Å². The van der Waals surface area contributed by atoms with Crippen molar-refractivity contribution < 1.29 is 14.8 Å². The van der Waals surface area contributed by atoms with Gasteiger partial charge in [-0.2, -0.15) is 0 Å². The molecule has 0 amide bonds. The highest BCUT2D eigenvalue weighted by atomic mass is 16.6. The highest BCUT2D eigenvalue weighted by molar-refractivity contribution is 5.48. The molecule has 0 saturated heterocycles. The first kappa shape index (κ1) is 14.3. The average molecular weight is 291 g/mol. The lowest BCUT2D eigenvalue weighted by Crippen LogP contribution is -2.60. The molecular weight excluding hydrogens is 270 g/mol. The minimum atomic E-state index is -0.398. The fraction of sp³-hybridized carbons (Fsp3) is 0.625. The van der Waals surface area contributed by atoms with Crippen LogP contribution >= 0.6 is 0 Å². The number of hydrogen-bond donors (Lipinski definition) is 1. The van der Waals surface area contributed by atoms with Crippen molar-refractivity contribution in [3.05, 3.63) is 33.9 Å². The number of nitro groups is 1. The van der Waals surface area contributed by atoms with Gasteiger partial charge in [0, 0.05) is 17.9 Å². The lowest BCUT2D eigenvalue weighted by atomic mass is 9.56. The highest BCUT2D eigenvalue weighted by Crippen LogP contribution is 2.53. The van der Waals surface area contributed by atoms with Gasteiger partial charge in [0.05, 0.1) is 11.0 Å². The van der Waals surface area contributed by atoms with E-state index < -0.39 is 4.92 Å². The van der Waals surface area contributed by atoms with E-state index in [2.05, 4.69) is 0 Å². The molecule has 1 aromatic carbocycles. The lowest BCUT2D eigenvalue weighted by Gasteiger charge is -2.54. The van der Waals surface area contributed by atoms with Crippen LogP contribution in [0.5, 0.6) is 5.75 Å². The topological polar surface area (TPSA) is 72.6 Å². The second-order valence-electron chi connectivity index (χ2n) is 6.38. The van der Waals surface area contributed by atoms with Crippen molar-refractivity contribution in [1.29, 1.82) is 0 Å². The number of rotatable bonds is 3. The summed E-state index contributed by atoms with van der Waals surface area (Å²) in [5.74, 6) is 0.326. The molecule has 114 valence electrons. The van der Waals surface area contributed by atoms with Crippen molar-refractivity contribution in [2.75, 3.05) is 0 Å². The van der Waals surface area contributed by atoms with E-state index in [4.69, 9.17) is 4.74 Å². The third kappa shape index (κ3) is 2.39. The molecule has 0 aromatic heterocycles. The Morgan fingerprint density at radius 2 is 2.05 bits per heavy atom. The molecule has 2 aliphatic rings. The summed E-state index contributed by atoms with van der Waals surface area (Å²) < 4.78 is 5.96. The van der Waals surface area contributed by atoms with Gasteiger partial charge in [-0.15, -0.1) is 0 Å². The molecule has 5 nitrogen and oxygen atoms in total. The Hall–Kier alpha value is -1.62. The molecule has 2 unspecified atom stereocenters. The number of ether oxygens (including phenoxy) is 1. The van der Waals surface area contributed by atoms with E-state index in [0.29, 0.717) is 12.2 Å². The Kier molecular flexibility index (Phi) is 3.61. The molecule has 0 aliphatic heterocycles. The van der Waals surface area contributed by atoms with Crippen molar-refractivity contribution in [3.8, 4) is 5.75 Å². The minimum Gasteiger partial charge on any atom is -0.483 e. The van der Waals surface area contributed by atoms with Crippen molar-refractivity contribution in [3.63, 3.8) is 0 Å². The second-order valence-corrected chi connectivity index (χ2v) is 6.38. The Labute approximate surface area is 124 Å². The van der Waals surface area contributed by atoms with E-state index in [-0.39, 0.29) is 23.3 Å². The van der Waals surface area contributed by atoms with Gasteiger partial charge in [-0.05, 0) is 31.4 Å². The summed E-state index contributed by atoms with van der Waals surface area (Å²) in [6, 6.07) is 5.04. The van der Waals surface area contributed by atoms with Crippen LogP contribution in [0.15, 0.2) is 18.2 Å². The number of aliphatic hydroxyl groups is 1. The van der Waals surface area contributed by atoms with Gasteiger partial charge in [-0.1, -0.05) is 25.3 Å². The molecule has 2 fully saturated rings. The van der Waals surface area contributed by atoms with Crippen molar-refractivity contribution in [2.45, 2.75) is 57.7 Å². The predicted octanol–water partition coefficient (Wildman–Crippen LogP) is 3.37. The molecular formula is C16H21NO4. The van der Waals surface area contributed by atoms with E-state index in [1.54, 1.807) is 6.07 Å². The lowest BCUT2D eigenvalue weighted by molar-refractivity contribution is -0.386. The molecule has 2 atom stereocenters. The van der Waals surface area contributed by atoms with Crippen LogP contribution < -0.4 is 4.74 Å². The smallest absolute Gasteiger partial charge is 0.311 e. The van der Waals surface area contributed by atoms with Gasteiger partial charge in [0.1, 0.15) is 6.10 Å².